The van der Waals surface area contributed by atoms with Crippen molar-refractivity contribution in [3.63, 3.8) is 0 Å². The Morgan fingerprint density at radius 3 is 2.81 bits per heavy atom. The molecule has 7 nitrogen and oxygen atoms in total. The minimum absolute atomic E-state index is 0.269. The van der Waals surface area contributed by atoms with Crippen molar-refractivity contribution < 1.29 is 0 Å². The summed E-state index contributed by atoms with van der Waals surface area (Å²) in [6, 6.07) is 1.81. The Labute approximate surface area is 123 Å². The van der Waals surface area contributed by atoms with E-state index in [1.165, 1.54) is 19.3 Å². The zero-order valence-corrected chi connectivity index (χ0v) is 12.2. The van der Waals surface area contributed by atoms with Crippen LogP contribution in [-0.2, 0) is 0 Å². The Morgan fingerprint density at radius 2 is 2.05 bits per heavy atom. The van der Waals surface area contributed by atoms with E-state index in [2.05, 4.69) is 37.2 Å². The van der Waals surface area contributed by atoms with E-state index in [1.54, 1.807) is 6.33 Å². The van der Waals surface area contributed by atoms with E-state index in [-0.39, 0.29) is 5.95 Å². The van der Waals surface area contributed by atoms with Gasteiger partial charge in [-0.25, -0.2) is 4.98 Å². The molecule has 4 N–H and O–H groups in total. The Kier molecular flexibility index (Phi) is 2.95. The SMILES string of the molecule is CN1C2CCCC1CC(Nc1nc(N)nc3nc[nH]c13)C2. The van der Waals surface area contributed by atoms with Crippen molar-refractivity contribution in [2.75, 3.05) is 18.1 Å². The van der Waals surface area contributed by atoms with Gasteiger partial charge in [-0.3, -0.25) is 0 Å². The van der Waals surface area contributed by atoms with E-state index in [1.807, 2.05) is 0 Å². The molecule has 0 saturated carbocycles. The Morgan fingerprint density at radius 1 is 1.29 bits per heavy atom. The van der Waals surface area contributed by atoms with Gasteiger partial charge in [-0.05, 0) is 32.7 Å². The summed E-state index contributed by atoms with van der Waals surface area (Å²) < 4.78 is 0. The van der Waals surface area contributed by atoms with E-state index in [0.29, 0.717) is 23.8 Å². The molecular formula is C14H21N7. The van der Waals surface area contributed by atoms with Crippen molar-refractivity contribution >= 4 is 22.9 Å². The molecule has 2 saturated heterocycles. The molecule has 112 valence electrons. The van der Waals surface area contributed by atoms with E-state index in [0.717, 1.165) is 24.2 Å². The van der Waals surface area contributed by atoms with E-state index in [9.17, 15) is 0 Å². The van der Waals surface area contributed by atoms with Crippen LogP contribution in [0.15, 0.2) is 6.33 Å². The van der Waals surface area contributed by atoms with Gasteiger partial charge in [0.25, 0.3) is 0 Å². The maximum atomic E-state index is 5.78. The average Bonchev–Trinajstić information content (AvgIpc) is 2.88. The number of nitrogen functional groups attached to an aromatic ring is 1. The van der Waals surface area contributed by atoms with Crippen LogP contribution in [0.5, 0.6) is 0 Å². The summed E-state index contributed by atoms with van der Waals surface area (Å²) in [7, 11) is 2.26. The number of H-pyrrole nitrogens is 1. The van der Waals surface area contributed by atoms with Gasteiger partial charge in [0.05, 0.1) is 6.33 Å². The van der Waals surface area contributed by atoms with Crippen LogP contribution in [0.2, 0.25) is 0 Å². The number of nitrogens with zero attached hydrogens (tertiary/aromatic N) is 4. The third kappa shape index (κ3) is 2.21. The fraction of sp³-hybridized carbons (Fsp3) is 0.643. The maximum Gasteiger partial charge on any atom is 0.224 e. The summed E-state index contributed by atoms with van der Waals surface area (Å²) in [5, 5.41) is 3.57. The second-order valence-electron chi connectivity index (χ2n) is 6.25. The van der Waals surface area contributed by atoms with Crippen molar-refractivity contribution in [1.29, 1.82) is 0 Å². The topological polar surface area (TPSA) is 95.8 Å². The minimum Gasteiger partial charge on any atom is -0.368 e. The fourth-order valence-electron chi connectivity index (χ4n) is 3.88. The molecule has 4 heterocycles. The van der Waals surface area contributed by atoms with Gasteiger partial charge in [0.2, 0.25) is 5.95 Å². The first-order chi connectivity index (χ1) is 10.2. The Hall–Kier alpha value is -1.89. The van der Waals surface area contributed by atoms with Crippen LogP contribution in [0.1, 0.15) is 32.1 Å². The van der Waals surface area contributed by atoms with Crippen molar-refractivity contribution in [2.45, 2.75) is 50.2 Å². The summed E-state index contributed by atoms with van der Waals surface area (Å²) in [5.41, 5.74) is 7.24. The molecule has 2 aliphatic heterocycles. The standard InChI is InChI=1S/C14H21N7/c1-21-9-3-2-4-10(21)6-8(5-9)18-13-11-12(17-7-16-11)19-14(15)20-13/h7-10H,2-6H2,1H3,(H4,15,16,17,18,19,20). The van der Waals surface area contributed by atoms with Crippen molar-refractivity contribution in [1.82, 2.24) is 24.8 Å². The molecule has 0 radical (unpaired) electrons. The number of nitrogens with one attached hydrogen (secondary N) is 2. The van der Waals surface area contributed by atoms with Crippen LogP contribution in [0.4, 0.5) is 11.8 Å². The van der Waals surface area contributed by atoms with Crippen LogP contribution in [0.3, 0.4) is 0 Å². The quantitative estimate of drug-likeness (QED) is 0.772. The third-order valence-electron chi connectivity index (χ3n) is 4.98. The third-order valence-corrected chi connectivity index (χ3v) is 4.98. The summed E-state index contributed by atoms with van der Waals surface area (Å²) in [6.07, 6.45) is 7.91. The van der Waals surface area contributed by atoms with Crippen molar-refractivity contribution in [2.24, 2.45) is 0 Å². The zero-order valence-electron chi connectivity index (χ0n) is 12.2. The summed E-state index contributed by atoms with van der Waals surface area (Å²) in [5.74, 6) is 1.05. The molecular weight excluding hydrogens is 266 g/mol. The number of aromatic amines is 1. The number of hydrogen-bond acceptors (Lipinski definition) is 6. The van der Waals surface area contributed by atoms with Crippen LogP contribution >= 0.6 is 0 Å². The molecule has 2 aromatic rings. The highest BCUT2D eigenvalue weighted by Crippen LogP contribution is 2.34. The number of nitrogens with two attached hydrogens (primary N) is 1. The lowest BCUT2D eigenvalue weighted by Gasteiger charge is -2.47. The first-order valence-electron chi connectivity index (χ1n) is 7.66. The lowest BCUT2D eigenvalue weighted by atomic mass is 9.82. The fourth-order valence-corrected chi connectivity index (χ4v) is 3.88. The second kappa shape index (κ2) is 4.84. The minimum atomic E-state index is 0.269. The molecule has 21 heavy (non-hydrogen) atoms. The van der Waals surface area contributed by atoms with Crippen LogP contribution in [0, 0.1) is 0 Å². The lowest BCUT2D eigenvalue weighted by molar-refractivity contribution is 0.0608. The van der Waals surface area contributed by atoms with Crippen molar-refractivity contribution in [3.8, 4) is 0 Å². The normalized spacial score (nSPS) is 29.7. The highest BCUT2D eigenvalue weighted by molar-refractivity contribution is 5.83. The number of aromatic nitrogens is 4. The molecule has 0 aliphatic carbocycles. The van der Waals surface area contributed by atoms with Gasteiger partial charge < -0.3 is 20.9 Å². The largest absolute Gasteiger partial charge is 0.368 e. The molecule has 2 atom stereocenters. The van der Waals surface area contributed by atoms with Gasteiger partial charge in [-0.2, -0.15) is 9.97 Å². The second-order valence-corrected chi connectivity index (χ2v) is 6.25. The van der Waals surface area contributed by atoms with Gasteiger partial charge >= 0.3 is 0 Å². The molecule has 2 fully saturated rings. The predicted octanol–water partition coefficient (Wildman–Crippen LogP) is 1.36. The summed E-state index contributed by atoms with van der Waals surface area (Å²) >= 11 is 0. The molecule has 4 rings (SSSR count). The molecule has 0 aromatic carbocycles. The predicted molar refractivity (Wildman–Crippen MR) is 81.9 cm³/mol. The first-order valence-corrected chi connectivity index (χ1v) is 7.66. The van der Waals surface area contributed by atoms with Gasteiger partial charge in [-0.15, -0.1) is 0 Å². The van der Waals surface area contributed by atoms with Crippen LogP contribution < -0.4 is 11.1 Å². The molecule has 7 heteroatoms. The van der Waals surface area contributed by atoms with E-state index < -0.39 is 0 Å². The van der Waals surface area contributed by atoms with Gasteiger partial charge in [0.1, 0.15) is 5.52 Å². The van der Waals surface area contributed by atoms with Crippen LogP contribution in [-0.4, -0.2) is 50.0 Å². The first kappa shape index (κ1) is 12.8. The van der Waals surface area contributed by atoms with Crippen molar-refractivity contribution in [3.05, 3.63) is 6.33 Å². The molecule has 2 unspecified atom stereocenters. The van der Waals surface area contributed by atoms with Crippen LogP contribution in [0.25, 0.3) is 11.2 Å². The number of fused-ring (bicyclic) bond motifs is 3. The number of anilines is 2. The van der Waals surface area contributed by atoms with E-state index >= 15 is 0 Å². The highest BCUT2D eigenvalue weighted by atomic mass is 15.2. The summed E-state index contributed by atoms with van der Waals surface area (Å²) in [4.78, 5) is 18.3. The molecule has 2 aliphatic rings. The van der Waals surface area contributed by atoms with Gasteiger partial charge in [-0.1, -0.05) is 6.42 Å². The molecule has 2 aromatic heterocycles. The molecule has 2 bridgehead atoms. The number of rotatable bonds is 2. The number of hydrogen-bond donors (Lipinski definition) is 3. The Bertz CT molecular complexity index is 638. The number of imidazole rings is 1. The van der Waals surface area contributed by atoms with E-state index in [4.69, 9.17) is 5.73 Å². The van der Waals surface area contributed by atoms with Gasteiger partial charge in [0.15, 0.2) is 11.5 Å². The zero-order chi connectivity index (χ0) is 14.4. The summed E-state index contributed by atoms with van der Waals surface area (Å²) in [6.45, 7) is 0. The van der Waals surface area contributed by atoms with Gasteiger partial charge in [0, 0.05) is 18.1 Å². The number of piperidine rings is 2. The maximum absolute atomic E-state index is 5.78. The monoisotopic (exact) mass is 287 g/mol. The lowest BCUT2D eigenvalue weighted by Crippen LogP contribution is -2.52. The molecule has 0 amide bonds. The molecule has 0 spiro atoms. The highest BCUT2D eigenvalue weighted by Gasteiger charge is 2.36. The Balaban J connectivity index is 1.59. The smallest absolute Gasteiger partial charge is 0.224 e. The average molecular weight is 287 g/mol.